The van der Waals surface area contributed by atoms with Crippen molar-refractivity contribution in [1.29, 1.82) is 0 Å². The summed E-state index contributed by atoms with van der Waals surface area (Å²) in [4.78, 5) is 12.2. The quantitative estimate of drug-likeness (QED) is 0.599. The van der Waals surface area contributed by atoms with E-state index in [1.807, 2.05) is 25.1 Å². The number of ketones is 1. The van der Waals surface area contributed by atoms with E-state index in [0.717, 1.165) is 5.56 Å². The van der Waals surface area contributed by atoms with Crippen LogP contribution < -0.4 is 14.2 Å². The van der Waals surface area contributed by atoms with Crippen molar-refractivity contribution in [3.05, 3.63) is 59.2 Å². The van der Waals surface area contributed by atoms with Gasteiger partial charge < -0.3 is 14.2 Å². The van der Waals surface area contributed by atoms with Crippen LogP contribution in [0.3, 0.4) is 0 Å². The molecule has 0 aliphatic carbocycles. The smallest absolute Gasteiger partial charge is 0.185 e. The molecule has 2 aromatic carbocycles. The number of benzene rings is 2. The Balaban J connectivity index is 2.44. The van der Waals surface area contributed by atoms with Crippen LogP contribution in [0, 0.1) is 6.92 Å². The molecular formula is C19H20O4. The Morgan fingerprint density at radius 2 is 1.61 bits per heavy atom. The highest BCUT2D eigenvalue weighted by Crippen LogP contribution is 2.39. The number of rotatable bonds is 6. The van der Waals surface area contributed by atoms with Crippen molar-refractivity contribution in [2.45, 2.75) is 6.92 Å². The molecule has 2 aromatic rings. The third-order valence-electron chi connectivity index (χ3n) is 3.59. The molecule has 0 atom stereocenters. The minimum Gasteiger partial charge on any atom is -0.496 e. The molecule has 4 nitrogen and oxygen atoms in total. The Bertz CT molecular complexity index is 718. The fourth-order valence-electron chi connectivity index (χ4n) is 2.39. The normalized spacial score (nSPS) is 10.6. The van der Waals surface area contributed by atoms with Crippen LogP contribution in [0.1, 0.15) is 21.5 Å². The second-order valence-electron chi connectivity index (χ2n) is 4.92. The van der Waals surface area contributed by atoms with Crippen LogP contribution >= 0.6 is 0 Å². The predicted molar refractivity (Wildman–Crippen MR) is 90.6 cm³/mol. The summed E-state index contributed by atoms with van der Waals surface area (Å²) in [6.45, 7) is 1.90. The molecule has 0 spiro atoms. The van der Waals surface area contributed by atoms with E-state index in [9.17, 15) is 4.79 Å². The molecule has 4 heteroatoms. The minimum absolute atomic E-state index is 0.0804. The van der Waals surface area contributed by atoms with Gasteiger partial charge in [0.1, 0.15) is 17.2 Å². The highest BCUT2D eigenvalue weighted by atomic mass is 16.5. The van der Waals surface area contributed by atoms with Gasteiger partial charge in [0.2, 0.25) is 0 Å². The Labute approximate surface area is 136 Å². The summed E-state index contributed by atoms with van der Waals surface area (Å²) >= 11 is 0. The first-order valence-corrected chi connectivity index (χ1v) is 7.19. The van der Waals surface area contributed by atoms with Gasteiger partial charge in [-0.05, 0) is 19.1 Å². The second-order valence-corrected chi connectivity index (χ2v) is 4.92. The largest absolute Gasteiger partial charge is 0.496 e. The molecule has 0 aromatic heterocycles. The molecule has 23 heavy (non-hydrogen) atoms. The van der Waals surface area contributed by atoms with Crippen LogP contribution in [0.25, 0.3) is 6.08 Å². The Morgan fingerprint density at radius 1 is 0.957 bits per heavy atom. The second kappa shape index (κ2) is 7.49. The van der Waals surface area contributed by atoms with Crippen molar-refractivity contribution in [3.63, 3.8) is 0 Å². The molecule has 0 bridgehead atoms. The maximum Gasteiger partial charge on any atom is 0.185 e. The van der Waals surface area contributed by atoms with Gasteiger partial charge in [0, 0.05) is 17.2 Å². The molecule has 0 radical (unpaired) electrons. The van der Waals surface area contributed by atoms with Gasteiger partial charge in [-0.3, -0.25) is 4.79 Å². The summed E-state index contributed by atoms with van der Waals surface area (Å²) in [7, 11) is 4.74. The lowest BCUT2D eigenvalue weighted by atomic mass is 10.0. The molecule has 0 N–H and O–H groups in total. The number of ether oxygens (including phenoxy) is 3. The van der Waals surface area contributed by atoms with Gasteiger partial charge in [0.25, 0.3) is 0 Å². The molecule has 0 aliphatic heterocycles. The Hall–Kier alpha value is -2.75. The monoisotopic (exact) mass is 312 g/mol. The lowest BCUT2D eigenvalue weighted by Crippen LogP contribution is -1.99. The number of methoxy groups -OCH3 is 3. The maximum atomic E-state index is 12.2. The van der Waals surface area contributed by atoms with Crippen LogP contribution in [0.2, 0.25) is 0 Å². The summed E-state index contributed by atoms with van der Waals surface area (Å²) in [6.07, 6.45) is 3.22. The van der Waals surface area contributed by atoms with Crippen LogP contribution in [0.5, 0.6) is 17.2 Å². The summed E-state index contributed by atoms with van der Waals surface area (Å²) in [5, 5.41) is 0. The fraction of sp³-hybridized carbons (Fsp3) is 0.211. The Kier molecular flexibility index (Phi) is 5.41. The third kappa shape index (κ3) is 3.54. The van der Waals surface area contributed by atoms with Gasteiger partial charge in [-0.15, -0.1) is 0 Å². The number of hydrogen-bond acceptors (Lipinski definition) is 4. The Morgan fingerprint density at radius 3 is 2.17 bits per heavy atom. The van der Waals surface area contributed by atoms with Gasteiger partial charge >= 0.3 is 0 Å². The maximum absolute atomic E-state index is 12.2. The number of allylic oxidation sites excluding steroid dienone is 1. The highest BCUT2D eigenvalue weighted by Gasteiger charge is 2.16. The van der Waals surface area contributed by atoms with Crippen molar-refractivity contribution in [1.82, 2.24) is 0 Å². The molecule has 0 saturated heterocycles. The van der Waals surface area contributed by atoms with Crippen LogP contribution in [0.15, 0.2) is 42.5 Å². The van der Waals surface area contributed by atoms with Gasteiger partial charge in [-0.25, -0.2) is 0 Å². The standard InChI is InChI=1S/C19H20O4/c1-13-17(21-2)12-18(22-3)15(19(13)23-4)10-11-16(20)14-8-6-5-7-9-14/h5-12H,1-4H3/b11-10+. The topological polar surface area (TPSA) is 44.8 Å². The fourth-order valence-corrected chi connectivity index (χ4v) is 2.39. The summed E-state index contributed by atoms with van der Waals surface area (Å²) in [5.41, 5.74) is 2.19. The first kappa shape index (κ1) is 16.6. The molecule has 0 heterocycles. The zero-order valence-corrected chi connectivity index (χ0v) is 13.8. The van der Waals surface area contributed by atoms with E-state index >= 15 is 0 Å². The van der Waals surface area contributed by atoms with E-state index in [1.165, 1.54) is 6.08 Å². The van der Waals surface area contributed by atoms with Crippen molar-refractivity contribution < 1.29 is 19.0 Å². The van der Waals surface area contributed by atoms with Crippen LogP contribution in [-0.2, 0) is 0 Å². The molecule has 0 aliphatic rings. The number of hydrogen-bond donors (Lipinski definition) is 0. The highest BCUT2D eigenvalue weighted by molar-refractivity contribution is 6.07. The SMILES string of the molecule is COc1cc(OC)c(/C=C/C(=O)c2ccccc2)c(OC)c1C. The average Bonchev–Trinajstić information content (AvgIpc) is 2.60. The summed E-state index contributed by atoms with van der Waals surface area (Å²) in [6, 6.07) is 10.9. The number of carbonyl (C=O) groups excluding carboxylic acids is 1. The molecule has 2 rings (SSSR count). The van der Waals surface area contributed by atoms with E-state index in [0.29, 0.717) is 28.4 Å². The zero-order chi connectivity index (χ0) is 16.8. The molecule has 120 valence electrons. The zero-order valence-electron chi connectivity index (χ0n) is 13.8. The van der Waals surface area contributed by atoms with Crippen molar-refractivity contribution in [2.24, 2.45) is 0 Å². The molecule has 0 unspecified atom stereocenters. The number of carbonyl (C=O) groups is 1. The lowest BCUT2D eigenvalue weighted by Gasteiger charge is -2.16. The van der Waals surface area contributed by atoms with Crippen LogP contribution in [0.4, 0.5) is 0 Å². The van der Waals surface area contributed by atoms with Gasteiger partial charge in [-0.1, -0.05) is 30.3 Å². The van der Waals surface area contributed by atoms with E-state index in [-0.39, 0.29) is 5.78 Å². The molecule has 0 saturated carbocycles. The van der Waals surface area contributed by atoms with Crippen LogP contribution in [-0.4, -0.2) is 27.1 Å². The lowest BCUT2D eigenvalue weighted by molar-refractivity contribution is 0.104. The van der Waals surface area contributed by atoms with Crippen molar-refractivity contribution >= 4 is 11.9 Å². The average molecular weight is 312 g/mol. The van der Waals surface area contributed by atoms with Gasteiger partial charge in [0.15, 0.2) is 5.78 Å². The summed E-state index contributed by atoms with van der Waals surface area (Å²) in [5.74, 6) is 1.80. The van der Waals surface area contributed by atoms with Gasteiger partial charge in [0.05, 0.1) is 26.9 Å². The molecule has 0 fully saturated rings. The van der Waals surface area contributed by atoms with Gasteiger partial charge in [-0.2, -0.15) is 0 Å². The first-order chi connectivity index (χ1) is 11.1. The van der Waals surface area contributed by atoms with E-state index in [2.05, 4.69) is 0 Å². The minimum atomic E-state index is -0.0804. The van der Waals surface area contributed by atoms with E-state index in [4.69, 9.17) is 14.2 Å². The third-order valence-corrected chi connectivity index (χ3v) is 3.59. The predicted octanol–water partition coefficient (Wildman–Crippen LogP) is 3.92. The molecular weight excluding hydrogens is 292 g/mol. The van der Waals surface area contributed by atoms with Crippen molar-refractivity contribution in [3.8, 4) is 17.2 Å². The molecule has 0 amide bonds. The van der Waals surface area contributed by atoms with E-state index in [1.54, 1.807) is 45.6 Å². The van der Waals surface area contributed by atoms with Crippen molar-refractivity contribution in [2.75, 3.05) is 21.3 Å². The first-order valence-electron chi connectivity index (χ1n) is 7.19. The van der Waals surface area contributed by atoms with E-state index < -0.39 is 0 Å². The summed E-state index contributed by atoms with van der Waals surface area (Å²) < 4.78 is 16.2.